The number of hydrogen-bond acceptors (Lipinski definition) is 5. The molecule has 0 radical (unpaired) electrons. The molecule has 0 aliphatic carbocycles. The maximum Gasteiger partial charge on any atom is 0.414 e. The molecular weight excluding hydrogens is 210 g/mol. The fraction of sp³-hybridized carbons (Fsp3) is 0.111. The van der Waals surface area contributed by atoms with Crippen LogP contribution in [0.4, 0.5) is 4.79 Å². The summed E-state index contributed by atoms with van der Waals surface area (Å²) in [5.41, 5.74) is 0.814. The zero-order valence-electron chi connectivity index (χ0n) is 8.47. The molecule has 0 aliphatic rings. The van der Waals surface area contributed by atoms with Crippen LogP contribution in [-0.2, 0) is 0 Å². The minimum Gasteiger partial charge on any atom is -0.373 e. The van der Waals surface area contributed by atoms with E-state index in [0.717, 1.165) is 5.56 Å². The molecule has 0 bridgehead atoms. The smallest absolute Gasteiger partial charge is 0.373 e. The van der Waals surface area contributed by atoms with Crippen LogP contribution in [0.15, 0.2) is 24.5 Å². The molecule has 2 heterocycles. The first-order valence-corrected chi connectivity index (χ1v) is 4.52. The van der Waals surface area contributed by atoms with E-state index < -0.39 is 6.09 Å². The van der Waals surface area contributed by atoms with E-state index in [4.69, 9.17) is 4.74 Å². The van der Waals surface area contributed by atoms with Crippen LogP contribution in [0.3, 0.4) is 0 Å². The van der Waals surface area contributed by atoms with Crippen LogP contribution < -0.4 is 10.1 Å². The monoisotopic (exact) mass is 219 g/mol. The van der Waals surface area contributed by atoms with E-state index in [-0.39, 0.29) is 6.01 Å². The predicted molar refractivity (Wildman–Crippen MR) is 54.7 cm³/mol. The highest BCUT2D eigenvalue weighted by atomic mass is 16.6. The first-order chi connectivity index (χ1) is 7.79. The summed E-state index contributed by atoms with van der Waals surface area (Å²) in [7, 11) is 1.46. The molecule has 2 aromatic heterocycles. The normalized spacial score (nSPS) is 9.81. The number of carbonyl (C=O) groups excluding carboxylic acids is 1. The molecule has 0 unspecified atom stereocenters. The van der Waals surface area contributed by atoms with Gasteiger partial charge in [0.1, 0.15) is 0 Å². The molecular formula is C9H9N5O2. The fourth-order valence-corrected chi connectivity index (χ4v) is 1.06. The van der Waals surface area contributed by atoms with E-state index in [1.165, 1.54) is 7.05 Å². The highest BCUT2D eigenvalue weighted by Gasteiger charge is 2.09. The second-order valence-electron chi connectivity index (χ2n) is 2.84. The number of carbonyl (C=O) groups is 1. The van der Waals surface area contributed by atoms with E-state index in [2.05, 4.69) is 25.5 Å². The van der Waals surface area contributed by atoms with E-state index in [0.29, 0.717) is 5.82 Å². The molecule has 7 heteroatoms. The topological polar surface area (TPSA) is 92.8 Å². The molecule has 0 aromatic carbocycles. The number of nitrogens with zero attached hydrogens (tertiary/aromatic N) is 3. The van der Waals surface area contributed by atoms with Gasteiger partial charge in [0.05, 0.1) is 0 Å². The van der Waals surface area contributed by atoms with Crippen LogP contribution in [0, 0.1) is 0 Å². The van der Waals surface area contributed by atoms with Gasteiger partial charge in [0.2, 0.25) is 0 Å². The number of nitrogens with one attached hydrogen (secondary N) is 2. The number of pyridine rings is 1. The van der Waals surface area contributed by atoms with Gasteiger partial charge in [-0.1, -0.05) is 0 Å². The third-order valence-electron chi connectivity index (χ3n) is 1.81. The molecule has 2 N–H and O–H groups in total. The van der Waals surface area contributed by atoms with Gasteiger partial charge in [0.25, 0.3) is 0 Å². The Morgan fingerprint density at radius 2 is 2.19 bits per heavy atom. The molecule has 16 heavy (non-hydrogen) atoms. The number of aromatic amines is 1. The summed E-state index contributed by atoms with van der Waals surface area (Å²) >= 11 is 0. The van der Waals surface area contributed by atoms with E-state index >= 15 is 0 Å². The van der Waals surface area contributed by atoms with Gasteiger partial charge in [-0.15, -0.1) is 5.10 Å². The van der Waals surface area contributed by atoms with Crippen LogP contribution in [0.1, 0.15) is 0 Å². The summed E-state index contributed by atoms with van der Waals surface area (Å²) in [5.74, 6) is 0.515. The van der Waals surface area contributed by atoms with Gasteiger partial charge in [0, 0.05) is 25.0 Å². The van der Waals surface area contributed by atoms with Gasteiger partial charge >= 0.3 is 12.1 Å². The van der Waals surface area contributed by atoms with Gasteiger partial charge in [0.15, 0.2) is 5.82 Å². The van der Waals surface area contributed by atoms with Crippen LogP contribution in [0.5, 0.6) is 6.01 Å². The van der Waals surface area contributed by atoms with Gasteiger partial charge in [-0.3, -0.25) is 10.1 Å². The van der Waals surface area contributed by atoms with Gasteiger partial charge in [-0.25, -0.2) is 4.79 Å². The first-order valence-electron chi connectivity index (χ1n) is 4.52. The first kappa shape index (κ1) is 10.1. The van der Waals surface area contributed by atoms with E-state index in [9.17, 15) is 4.79 Å². The molecule has 0 saturated carbocycles. The Labute approximate surface area is 90.9 Å². The zero-order valence-corrected chi connectivity index (χ0v) is 8.47. The number of ether oxygens (including phenoxy) is 1. The van der Waals surface area contributed by atoms with Crippen molar-refractivity contribution < 1.29 is 9.53 Å². The third-order valence-corrected chi connectivity index (χ3v) is 1.81. The van der Waals surface area contributed by atoms with Crippen molar-refractivity contribution >= 4 is 6.09 Å². The number of aromatic nitrogens is 4. The van der Waals surface area contributed by atoms with Crippen molar-refractivity contribution in [1.82, 2.24) is 25.5 Å². The molecule has 0 aliphatic heterocycles. The van der Waals surface area contributed by atoms with Crippen molar-refractivity contribution in [3.05, 3.63) is 24.5 Å². The lowest BCUT2D eigenvalue weighted by atomic mass is 10.3. The summed E-state index contributed by atoms with van der Waals surface area (Å²) in [6.45, 7) is 0. The minimum absolute atomic E-state index is 0.0221. The maximum atomic E-state index is 10.9. The summed E-state index contributed by atoms with van der Waals surface area (Å²) in [5, 5.41) is 8.70. The Morgan fingerprint density at radius 3 is 2.88 bits per heavy atom. The van der Waals surface area contributed by atoms with Crippen molar-refractivity contribution in [1.29, 1.82) is 0 Å². The Bertz CT molecular complexity index is 482. The molecule has 0 saturated heterocycles. The SMILES string of the molecule is CNC(=O)Oc1n[nH]c(-c2ccncc2)n1. The maximum absolute atomic E-state index is 10.9. The Kier molecular flexibility index (Phi) is 2.77. The van der Waals surface area contributed by atoms with Crippen LogP contribution in [-0.4, -0.2) is 33.3 Å². The van der Waals surface area contributed by atoms with Crippen molar-refractivity contribution in [3.8, 4) is 17.4 Å². The zero-order chi connectivity index (χ0) is 11.4. The third kappa shape index (κ3) is 2.14. The Balaban J connectivity index is 2.17. The summed E-state index contributed by atoms with van der Waals surface area (Å²) < 4.78 is 4.75. The Hall–Kier alpha value is -2.44. The summed E-state index contributed by atoms with van der Waals surface area (Å²) in [6, 6.07) is 3.51. The second-order valence-corrected chi connectivity index (χ2v) is 2.84. The van der Waals surface area contributed by atoms with Gasteiger partial charge in [-0.05, 0) is 12.1 Å². The Morgan fingerprint density at radius 1 is 1.44 bits per heavy atom. The summed E-state index contributed by atoms with van der Waals surface area (Å²) in [6.07, 6.45) is 2.66. The molecule has 1 amide bonds. The van der Waals surface area contributed by atoms with Crippen LogP contribution in [0.25, 0.3) is 11.4 Å². The largest absolute Gasteiger partial charge is 0.414 e. The number of amides is 1. The number of H-pyrrole nitrogens is 1. The second kappa shape index (κ2) is 4.39. The molecule has 0 atom stereocenters. The van der Waals surface area contributed by atoms with Gasteiger partial charge < -0.3 is 10.1 Å². The number of hydrogen-bond donors (Lipinski definition) is 2. The van der Waals surface area contributed by atoms with Crippen molar-refractivity contribution in [2.24, 2.45) is 0 Å². The van der Waals surface area contributed by atoms with E-state index in [1.54, 1.807) is 24.5 Å². The molecule has 0 spiro atoms. The average molecular weight is 219 g/mol. The molecule has 0 fully saturated rings. The van der Waals surface area contributed by atoms with Gasteiger partial charge in [-0.2, -0.15) is 4.98 Å². The van der Waals surface area contributed by atoms with Crippen molar-refractivity contribution in [3.63, 3.8) is 0 Å². The highest BCUT2D eigenvalue weighted by Crippen LogP contribution is 2.14. The van der Waals surface area contributed by atoms with Crippen molar-refractivity contribution in [2.45, 2.75) is 0 Å². The van der Waals surface area contributed by atoms with Crippen LogP contribution in [0.2, 0.25) is 0 Å². The fourth-order valence-electron chi connectivity index (χ4n) is 1.06. The lowest BCUT2D eigenvalue weighted by molar-refractivity contribution is 0.199. The molecule has 2 aromatic rings. The quantitative estimate of drug-likeness (QED) is 0.770. The molecule has 2 rings (SSSR count). The highest BCUT2D eigenvalue weighted by molar-refractivity contribution is 5.69. The van der Waals surface area contributed by atoms with Crippen molar-refractivity contribution in [2.75, 3.05) is 7.05 Å². The summed E-state index contributed by atoms with van der Waals surface area (Å²) in [4.78, 5) is 18.8. The molecule has 7 nitrogen and oxygen atoms in total. The van der Waals surface area contributed by atoms with Crippen LogP contribution >= 0.6 is 0 Å². The number of rotatable bonds is 2. The van der Waals surface area contributed by atoms with E-state index in [1.807, 2.05) is 0 Å². The molecule has 82 valence electrons. The predicted octanol–water partition coefficient (Wildman–Crippen LogP) is 0.585. The minimum atomic E-state index is -0.611. The standard InChI is InChI=1S/C9H9N5O2/c1-10-9(15)16-8-12-7(13-14-8)6-2-4-11-5-3-6/h2-5H,1H3,(H,10,15)(H,12,13,14). The lowest BCUT2D eigenvalue weighted by Gasteiger charge is -1.95. The average Bonchev–Trinajstić information content (AvgIpc) is 2.78. The lowest BCUT2D eigenvalue weighted by Crippen LogP contribution is -2.22.